The van der Waals surface area contributed by atoms with E-state index in [4.69, 9.17) is 11.6 Å². The number of fused-ring (bicyclic) bond motifs is 1. The molecule has 3 nitrogen and oxygen atoms in total. The molecule has 4 heteroatoms. The molecule has 5 aromatic rings. The summed E-state index contributed by atoms with van der Waals surface area (Å²) in [5.41, 5.74) is 6.90. The van der Waals surface area contributed by atoms with Gasteiger partial charge in [0, 0.05) is 34.5 Å². The smallest absolute Gasteiger partial charge is 0.221 e. The molecule has 0 aliphatic carbocycles. The maximum Gasteiger partial charge on any atom is 0.221 e. The van der Waals surface area contributed by atoms with E-state index in [0.29, 0.717) is 11.4 Å². The largest absolute Gasteiger partial charge is 0.361 e. The van der Waals surface area contributed by atoms with Gasteiger partial charge in [-0.2, -0.15) is 0 Å². The molecule has 0 fully saturated rings. The van der Waals surface area contributed by atoms with E-state index >= 15 is 0 Å². The molecule has 0 radical (unpaired) electrons. The molecule has 0 aliphatic heterocycles. The third-order valence-corrected chi connectivity index (χ3v) is 7.32. The number of nitrogens with one attached hydrogen (secondary N) is 2. The molecule has 1 aromatic heterocycles. The minimum absolute atomic E-state index is 0.0192. The lowest BCUT2D eigenvalue weighted by atomic mass is 9.87. The predicted molar refractivity (Wildman–Crippen MR) is 153 cm³/mol. The molecular formula is C33H31ClN2O. The first-order valence-corrected chi connectivity index (χ1v) is 13.2. The van der Waals surface area contributed by atoms with Crippen molar-refractivity contribution in [2.45, 2.75) is 38.1 Å². The first-order valence-electron chi connectivity index (χ1n) is 12.8. The van der Waals surface area contributed by atoms with E-state index < -0.39 is 0 Å². The van der Waals surface area contributed by atoms with E-state index in [2.05, 4.69) is 65.9 Å². The molecule has 0 saturated heterocycles. The Hall–Kier alpha value is -3.82. The Morgan fingerprint density at radius 2 is 1.54 bits per heavy atom. The number of carbonyl (C=O) groups excluding carboxylic acids is 1. The van der Waals surface area contributed by atoms with Crippen LogP contribution in [0.5, 0.6) is 0 Å². The highest BCUT2D eigenvalue weighted by molar-refractivity contribution is 6.30. The molecule has 2 N–H and O–H groups in total. The SMILES string of the molecule is CCc1cccc2c([C@@H](CC(=O)N[C@H](Cc3ccccc3)c3ccccc3)c3ccc(Cl)cc3)c[nH]c12. The molecule has 0 unspecified atom stereocenters. The predicted octanol–water partition coefficient (Wildman–Crippen LogP) is 8.01. The van der Waals surface area contributed by atoms with Gasteiger partial charge in [0.25, 0.3) is 0 Å². The van der Waals surface area contributed by atoms with Crippen LogP contribution in [0.2, 0.25) is 5.02 Å². The Kier molecular flexibility index (Phi) is 7.72. The van der Waals surface area contributed by atoms with E-state index in [1.54, 1.807) is 0 Å². The molecule has 2 atom stereocenters. The van der Waals surface area contributed by atoms with Crippen LogP contribution in [-0.4, -0.2) is 10.9 Å². The van der Waals surface area contributed by atoms with Crippen molar-refractivity contribution in [1.29, 1.82) is 0 Å². The summed E-state index contributed by atoms with van der Waals surface area (Å²) in [5, 5.41) is 5.20. The van der Waals surface area contributed by atoms with E-state index in [0.717, 1.165) is 40.4 Å². The topological polar surface area (TPSA) is 44.9 Å². The summed E-state index contributed by atoms with van der Waals surface area (Å²) >= 11 is 6.21. The van der Waals surface area contributed by atoms with Gasteiger partial charge in [0.2, 0.25) is 5.91 Å². The molecule has 1 heterocycles. The first-order chi connectivity index (χ1) is 18.1. The zero-order valence-corrected chi connectivity index (χ0v) is 21.7. The maximum absolute atomic E-state index is 13.7. The number of amides is 1. The van der Waals surface area contributed by atoms with Crippen LogP contribution in [0.3, 0.4) is 0 Å². The lowest BCUT2D eigenvalue weighted by Gasteiger charge is -2.22. The zero-order chi connectivity index (χ0) is 25.6. The van der Waals surface area contributed by atoms with Crippen molar-refractivity contribution in [2.24, 2.45) is 0 Å². The average molecular weight is 507 g/mol. The zero-order valence-electron chi connectivity index (χ0n) is 21.0. The van der Waals surface area contributed by atoms with Crippen LogP contribution in [0.15, 0.2) is 109 Å². The summed E-state index contributed by atoms with van der Waals surface area (Å²) in [4.78, 5) is 17.2. The Morgan fingerprint density at radius 3 is 2.24 bits per heavy atom. The Bertz CT molecular complexity index is 1460. The van der Waals surface area contributed by atoms with Crippen molar-refractivity contribution in [3.8, 4) is 0 Å². The van der Waals surface area contributed by atoms with E-state index in [-0.39, 0.29) is 17.9 Å². The number of hydrogen-bond acceptors (Lipinski definition) is 1. The lowest BCUT2D eigenvalue weighted by Crippen LogP contribution is -2.31. The van der Waals surface area contributed by atoms with Crippen molar-refractivity contribution in [2.75, 3.05) is 0 Å². The van der Waals surface area contributed by atoms with Crippen LogP contribution in [0.1, 0.15) is 53.1 Å². The number of aromatic nitrogens is 1. The first kappa shape index (κ1) is 24.9. The van der Waals surface area contributed by atoms with Crippen LogP contribution in [0, 0.1) is 0 Å². The van der Waals surface area contributed by atoms with E-state index in [1.807, 2.05) is 60.7 Å². The number of rotatable bonds is 9. The molecule has 37 heavy (non-hydrogen) atoms. The van der Waals surface area contributed by atoms with Crippen LogP contribution < -0.4 is 5.32 Å². The second-order valence-corrected chi connectivity index (χ2v) is 9.90. The molecule has 0 aliphatic rings. The second-order valence-electron chi connectivity index (χ2n) is 9.47. The minimum atomic E-state index is -0.114. The van der Waals surface area contributed by atoms with Crippen molar-refractivity contribution in [3.63, 3.8) is 0 Å². The molecule has 4 aromatic carbocycles. The standard InChI is InChI=1S/C33H31ClN2O/c1-2-24-14-9-15-28-30(22-35-33(24)28)29(25-16-18-27(34)19-17-25)21-32(37)36-31(26-12-7-4-8-13-26)20-23-10-5-3-6-11-23/h3-19,22,29,31,35H,2,20-21H2,1H3,(H,36,37)/t29-,31+/m0/s1. The number of H-pyrrole nitrogens is 1. The minimum Gasteiger partial charge on any atom is -0.361 e. The molecule has 0 bridgehead atoms. The van der Waals surface area contributed by atoms with Crippen LogP contribution in [0.25, 0.3) is 10.9 Å². The van der Waals surface area contributed by atoms with Gasteiger partial charge in [0.05, 0.1) is 6.04 Å². The second kappa shape index (κ2) is 11.5. The van der Waals surface area contributed by atoms with E-state index in [1.165, 1.54) is 11.1 Å². The van der Waals surface area contributed by atoms with Gasteiger partial charge in [-0.05, 0) is 52.8 Å². The molecular weight excluding hydrogens is 476 g/mol. The fourth-order valence-corrected chi connectivity index (χ4v) is 5.28. The Labute approximate surface area is 223 Å². The van der Waals surface area contributed by atoms with Crippen molar-refractivity contribution in [3.05, 3.63) is 142 Å². The third kappa shape index (κ3) is 5.79. The van der Waals surface area contributed by atoms with Crippen LogP contribution >= 0.6 is 11.6 Å². The monoisotopic (exact) mass is 506 g/mol. The fraction of sp³-hybridized carbons (Fsp3) is 0.182. The highest BCUT2D eigenvalue weighted by atomic mass is 35.5. The molecule has 186 valence electrons. The average Bonchev–Trinajstić information content (AvgIpc) is 3.37. The number of halogens is 1. The van der Waals surface area contributed by atoms with Gasteiger partial charge < -0.3 is 10.3 Å². The third-order valence-electron chi connectivity index (χ3n) is 7.07. The van der Waals surface area contributed by atoms with Crippen LogP contribution in [-0.2, 0) is 17.6 Å². The highest BCUT2D eigenvalue weighted by Crippen LogP contribution is 2.35. The number of hydrogen-bond donors (Lipinski definition) is 2. The van der Waals surface area contributed by atoms with Gasteiger partial charge >= 0.3 is 0 Å². The Morgan fingerprint density at radius 1 is 0.838 bits per heavy atom. The van der Waals surface area contributed by atoms with Gasteiger partial charge in [-0.25, -0.2) is 0 Å². The summed E-state index contributed by atoms with van der Waals surface area (Å²) in [6.45, 7) is 2.16. The van der Waals surface area contributed by atoms with E-state index in [9.17, 15) is 4.79 Å². The number of aryl methyl sites for hydroxylation is 1. The quantitative estimate of drug-likeness (QED) is 0.209. The van der Waals surface area contributed by atoms with Gasteiger partial charge in [-0.15, -0.1) is 0 Å². The summed E-state index contributed by atoms with van der Waals surface area (Å²) in [6.07, 6.45) is 4.08. The Balaban J connectivity index is 1.46. The van der Waals surface area contributed by atoms with Crippen molar-refractivity contribution in [1.82, 2.24) is 10.3 Å². The summed E-state index contributed by atoms with van der Waals surface area (Å²) in [5.74, 6) is -0.0861. The molecule has 0 spiro atoms. The number of benzene rings is 4. The van der Waals surface area contributed by atoms with Crippen molar-refractivity contribution < 1.29 is 4.79 Å². The van der Waals surface area contributed by atoms with Crippen LogP contribution in [0.4, 0.5) is 0 Å². The number of aromatic amines is 1. The number of para-hydroxylation sites is 1. The molecule has 5 rings (SSSR count). The molecule has 1 amide bonds. The maximum atomic E-state index is 13.7. The summed E-state index contributed by atoms with van der Waals surface area (Å²) < 4.78 is 0. The van der Waals surface area contributed by atoms with Gasteiger partial charge in [-0.1, -0.05) is 110 Å². The van der Waals surface area contributed by atoms with Gasteiger partial charge in [-0.3, -0.25) is 4.79 Å². The fourth-order valence-electron chi connectivity index (χ4n) is 5.15. The van der Waals surface area contributed by atoms with Gasteiger partial charge in [0.15, 0.2) is 0 Å². The summed E-state index contributed by atoms with van der Waals surface area (Å²) in [6, 6.07) is 34.7. The molecule has 0 saturated carbocycles. The number of carbonyl (C=O) groups is 1. The lowest BCUT2D eigenvalue weighted by molar-refractivity contribution is -0.122. The van der Waals surface area contributed by atoms with Gasteiger partial charge in [0.1, 0.15) is 0 Å². The normalized spacial score (nSPS) is 12.8. The summed E-state index contributed by atoms with van der Waals surface area (Å²) in [7, 11) is 0. The highest BCUT2D eigenvalue weighted by Gasteiger charge is 2.24. The van der Waals surface area contributed by atoms with Crippen molar-refractivity contribution >= 4 is 28.4 Å².